The molecule has 1 amide bonds. The van der Waals surface area contributed by atoms with E-state index < -0.39 is 34.8 Å². The molecule has 0 unspecified atom stereocenters. The van der Waals surface area contributed by atoms with Crippen LogP contribution in [0.5, 0.6) is 11.5 Å². The lowest BCUT2D eigenvalue weighted by Crippen LogP contribution is -2.34. The van der Waals surface area contributed by atoms with Crippen molar-refractivity contribution in [3.63, 3.8) is 0 Å². The molecule has 0 saturated heterocycles. The molecule has 0 heterocycles. The van der Waals surface area contributed by atoms with E-state index >= 15 is 0 Å². The molecular weight excluding hydrogens is 552 g/mol. The summed E-state index contributed by atoms with van der Waals surface area (Å²) >= 11 is 0. The molecular formula is C29H44N2O7S2. The van der Waals surface area contributed by atoms with Crippen molar-refractivity contribution in [2.45, 2.75) is 86.4 Å². The fourth-order valence-corrected chi connectivity index (χ4v) is 5.03. The van der Waals surface area contributed by atoms with E-state index in [1.54, 1.807) is 82.3 Å². The van der Waals surface area contributed by atoms with Crippen LogP contribution in [0.3, 0.4) is 0 Å². The van der Waals surface area contributed by atoms with Crippen LogP contribution in [0.1, 0.15) is 74.3 Å². The first-order valence-electron chi connectivity index (χ1n) is 13.1. The average Bonchev–Trinajstić information content (AvgIpc) is 2.84. The Morgan fingerprint density at radius 3 is 2.05 bits per heavy atom. The third-order valence-electron chi connectivity index (χ3n) is 5.40. The maximum absolute atomic E-state index is 12.7. The number of amides is 1. The number of allylic oxidation sites excluding steroid dienone is 1. The summed E-state index contributed by atoms with van der Waals surface area (Å²) in [7, 11) is 4.89. The lowest BCUT2D eigenvalue weighted by molar-refractivity contribution is -0.145. The normalized spacial score (nSPS) is 13.3. The van der Waals surface area contributed by atoms with Gasteiger partial charge in [-0.25, -0.2) is 0 Å². The Morgan fingerprint density at radius 1 is 1.00 bits per heavy atom. The van der Waals surface area contributed by atoms with Crippen molar-refractivity contribution in [3.8, 4) is 11.5 Å². The molecule has 1 atom stereocenters. The molecule has 0 fully saturated rings. The molecule has 2 N–H and O–H groups in total. The molecule has 0 aliphatic carbocycles. The molecule has 0 spiro atoms. The Balaban J connectivity index is 3.00. The molecule has 1 rings (SSSR count). The van der Waals surface area contributed by atoms with Crippen molar-refractivity contribution in [3.05, 3.63) is 34.4 Å². The van der Waals surface area contributed by atoms with E-state index in [1.165, 1.54) is 11.0 Å². The quantitative estimate of drug-likeness (QED) is 0.135. The molecule has 224 valence electrons. The second kappa shape index (κ2) is 15.5. The molecule has 0 aliphatic rings. The SMILES string of the molecule is C/C(=C(\CCOC(=O)[C@@H](N)Cc1ccc(OC(=O)C(C)(C)C)c(OC(=O)C(C)(C)C)c1)SSC(C)C)N(C)C=O. The van der Waals surface area contributed by atoms with Crippen molar-refractivity contribution in [1.29, 1.82) is 0 Å². The Bertz CT molecular complexity index is 1090. The van der Waals surface area contributed by atoms with Gasteiger partial charge in [-0.05, 0) is 72.6 Å². The number of nitrogens with zero attached hydrogens (tertiary/aromatic N) is 1. The zero-order chi connectivity index (χ0) is 30.8. The molecule has 0 radical (unpaired) electrons. The van der Waals surface area contributed by atoms with Crippen LogP contribution in [-0.2, 0) is 30.3 Å². The fraction of sp³-hybridized carbons (Fsp3) is 0.586. The smallest absolute Gasteiger partial charge is 0.323 e. The summed E-state index contributed by atoms with van der Waals surface area (Å²) in [5.41, 5.74) is 5.98. The number of ether oxygens (including phenoxy) is 3. The van der Waals surface area contributed by atoms with Gasteiger partial charge in [0.05, 0.1) is 17.4 Å². The lowest BCUT2D eigenvalue weighted by Gasteiger charge is -2.21. The molecule has 0 bridgehead atoms. The highest BCUT2D eigenvalue weighted by molar-refractivity contribution is 8.78. The van der Waals surface area contributed by atoms with E-state index in [2.05, 4.69) is 13.8 Å². The van der Waals surface area contributed by atoms with Crippen molar-refractivity contribution < 1.29 is 33.4 Å². The topological polar surface area (TPSA) is 125 Å². The number of hydrogen-bond acceptors (Lipinski definition) is 10. The number of carbonyl (C=O) groups excluding carboxylic acids is 4. The Hall–Kier alpha value is -2.50. The summed E-state index contributed by atoms with van der Waals surface area (Å²) in [6.07, 6.45) is 1.29. The van der Waals surface area contributed by atoms with Crippen molar-refractivity contribution in [1.82, 2.24) is 4.90 Å². The molecule has 1 aromatic carbocycles. The summed E-state index contributed by atoms with van der Waals surface area (Å²) in [6, 6.07) is 3.75. The van der Waals surface area contributed by atoms with E-state index in [0.29, 0.717) is 17.2 Å². The molecule has 0 aliphatic heterocycles. The van der Waals surface area contributed by atoms with Crippen LogP contribution >= 0.6 is 21.6 Å². The van der Waals surface area contributed by atoms with Crippen LogP contribution in [0.2, 0.25) is 0 Å². The second-order valence-corrected chi connectivity index (χ2v) is 14.6. The zero-order valence-electron chi connectivity index (χ0n) is 25.3. The van der Waals surface area contributed by atoms with Gasteiger partial charge < -0.3 is 24.8 Å². The number of benzene rings is 1. The predicted octanol–water partition coefficient (Wildman–Crippen LogP) is 5.50. The van der Waals surface area contributed by atoms with Crippen LogP contribution in [0, 0.1) is 10.8 Å². The van der Waals surface area contributed by atoms with E-state index in [1.807, 2.05) is 6.92 Å². The van der Waals surface area contributed by atoms with Crippen LogP contribution in [0.15, 0.2) is 28.8 Å². The first-order valence-corrected chi connectivity index (χ1v) is 15.3. The Labute approximate surface area is 246 Å². The second-order valence-electron chi connectivity index (χ2n) is 11.7. The fourth-order valence-electron chi connectivity index (χ4n) is 2.75. The highest BCUT2D eigenvalue weighted by Crippen LogP contribution is 2.37. The summed E-state index contributed by atoms with van der Waals surface area (Å²) in [4.78, 5) is 51.4. The number of nitrogens with two attached hydrogens (primary N) is 1. The van der Waals surface area contributed by atoms with Crippen molar-refractivity contribution >= 4 is 45.9 Å². The van der Waals surface area contributed by atoms with Gasteiger partial charge in [-0.15, -0.1) is 0 Å². The highest BCUT2D eigenvalue weighted by Gasteiger charge is 2.28. The van der Waals surface area contributed by atoms with Crippen molar-refractivity contribution in [2.24, 2.45) is 16.6 Å². The van der Waals surface area contributed by atoms with Crippen LogP contribution in [-0.4, -0.2) is 54.2 Å². The van der Waals surface area contributed by atoms with Gasteiger partial charge in [0.2, 0.25) is 6.41 Å². The maximum atomic E-state index is 12.7. The molecule has 1 aromatic rings. The van der Waals surface area contributed by atoms with E-state index in [-0.39, 0.29) is 24.5 Å². The van der Waals surface area contributed by atoms with E-state index in [9.17, 15) is 19.2 Å². The Morgan fingerprint density at radius 2 is 1.55 bits per heavy atom. The van der Waals surface area contributed by atoms with E-state index in [0.717, 1.165) is 17.0 Å². The summed E-state index contributed by atoms with van der Waals surface area (Å²) in [5, 5.41) is 0.376. The summed E-state index contributed by atoms with van der Waals surface area (Å²) in [5.74, 6) is -1.40. The van der Waals surface area contributed by atoms with Gasteiger partial charge >= 0.3 is 17.9 Å². The number of esters is 3. The molecule has 11 heteroatoms. The summed E-state index contributed by atoms with van der Waals surface area (Å²) in [6.45, 7) is 16.4. The van der Waals surface area contributed by atoms with Gasteiger partial charge in [0.1, 0.15) is 6.04 Å². The third kappa shape index (κ3) is 11.9. The minimum atomic E-state index is -0.974. The van der Waals surface area contributed by atoms with Gasteiger partial charge in [0, 0.05) is 29.3 Å². The van der Waals surface area contributed by atoms with Crippen LogP contribution in [0.4, 0.5) is 0 Å². The molecule has 0 aromatic heterocycles. The maximum Gasteiger partial charge on any atom is 0.323 e. The van der Waals surface area contributed by atoms with Gasteiger partial charge in [0.25, 0.3) is 0 Å². The molecule has 0 saturated carbocycles. The minimum absolute atomic E-state index is 0.0693. The van der Waals surface area contributed by atoms with E-state index in [4.69, 9.17) is 19.9 Å². The molecule has 9 nitrogen and oxygen atoms in total. The van der Waals surface area contributed by atoms with Crippen LogP contribution in [0.25, 0.3) is 0 Å². The largest absolute Gasteiger partial charge is 0.464 e. The monoisotopic (exact) mass is 596 g/mol. The third-order valence-corrected chi connectivity index (χ3v) is 8.63. The van der Waals surface area contributed by atoms with Crippen LogP contribution < -0.4 is 15.2 Å². The van der Waals surface area contributed by atoms with Gasteiger partial charge in [-0.3, -0.25) is 19.2 Å². The lowest BCUT2D eigenvalue weighted by atomic mass is 9.97. The van der Waals surface area contributed by atoms with Crippen molar-refractivity contribution in [2.75, 3.05) is 13.7 Å². The number of carbonyl (C=O) groups is 4. The van der Waals surface area contributed by atoms with Gasteiger partial charge in [-0.2, -0.15) is 0 Å². The highest BCUT2D eigenvalue weighted by atomic mass is 33.1. The number of rotatable bonds is 13. The first kappa shape index (κ1) is 35.5. The number of hydrogen-bond donors (Lipinski definition) is 1. The standard InChI is InChI=1S/C29H44N2O7S2/c1-18(2)39-40-24(19(3)31(10)17-32)13-14-36-25(33)21(30)15-20-11-12-22(37-26(34)28(4,5)6)23(16-20)38-27(35)29(7,8)9/h11-12,16-18,21H,13-15,30H2,1-10H3/b24-19-/t21-/m0/s1. The Kier molecular flexibility index (Phi) is 13.8. The predicted molar refractivity (Wildman–Crippen MR) is 161 cm³/mol. The van der Waals surface area contributed by atoms with Gasteiger partial charge in [0.15, 0.2) is 11.5 Å². The molecule has 40 heavy (non-hydrogen) atoms. The van der Waals surface area contributed by atoms with Gasteiger partial charge in [-0.1, -0.05) is 41.5 Å². The minimum Gasteiger partial charge on any atom is -0.464 e. The summed E-state index contributed by atoms with van der Waals surface area (Å²) < 4.78 is 16.5. The average molecular weight is 597 g/mol. The first-order chi connectivity index (χ1) is 18.4. The zero-order valence-corrected chi connectivity index (χ0v) is 26.9.